The predicted molar refractivity (Wildman–Crippen MR) is 83.0 cm³/mol. The zero-order valence-electron chi connectivity index (χ0n) is 11.6. The fraction of sp³-hybridized carbons (Fsp3) is 0.533. The number of halogens is 1. The molecule has 21 heavy (non-hydrogen) atoms. The Bertz CT molecular complexity index is 494. The summed E-state index contributed by atoms with van der Waals surface area (Å²) in [5.74, 6) is -0.313. The van der Waals surface area contributed by atoms with Gasteiger partial charge in [-0.25, -0.2) is 0 Å². The molecule has 1 aromatic carbocycles. The fourth-order valence-corrected chi connectivity index (χ4v) is 3.62. The van der Waals surface area contributed by atoms with E-state index in [9.17, 15) is 4.79 Å². The van der Waals surface area contributed by atoms with E-state index in [0.29, 0.717) is 13.2 Å². The molecule has 0 aliphatic carbocycles. The van der Waals surface area contributed by atoms with E-state index in [-0.39, 0.29) is 34.5 Å². The molecule has 2 saturated heterocycles. The molecule has 3 rings (SSSR count). The van der Waals surface area contributed by atoms with Gasteiger partial charge in [0, 0.05) is 6.92 Å². The number of carbonyl (C=O) groups excluding carboxylic acids is 1. The monoisotopic (exact) mass is 404 g/mol. The number of rotatable bonds is 4. The Balaban J connectivity index is 1.58. The van der Waals surface area contributed by atoms with Gasteiger partial charge in [0.15, 0.2) is 12.4 Å². The van der Waals surface area contributed by atoms with E-state index in [1.165, 1.54) is 6.92 Å². The molecule has 0 aromatic heterocycles. The van der Waals surface area contributed by atoms with Crippen LogP contribution in [-0.4, -0.2) is 41.1 Å². The SMILES string of the molecule is CC(=O)O[C@@H]1CO[C@@H]2[C@@H](I)[C@H](OCc3ccccc3)O[C@@H]21. The molecule has 5 atom stereocenters. The molecule has 0 radical (unpaired) electrons. The molecular formula is C15H17IO5. The van der Waals surface area contributed by atoms with E-state index in [0.717, 1.165) is 5.56 Å². The Morgan fingerprint density at radius 1 is 1.33 bits per heavy atom. The van der Waals surface area contributed by atoms with Gasteiger partial charge in [-0.15, -0.1) is 0 Å². The topological polar surface area (TPSA) is 54.0 Å². The molecule has 0 unspecified atom stereocenters. The lowest BCUT2D eigenvalue weighted by Gasteiger charge is -2.19. The van der Waals surface area contributed by atoms with Crippen LogP contribution in [0.25, 0.3) is 0 Å². The zero-order valence-corrected chi connectivity index (χ0v) is 13.8. The molecule has 2 fully saturated rings. The first-order valence-electron chi connectivity index (χ1n) is 6.89. The summed E-state index contributed by atoms with van der Waals surface area (Å²) in [4.78, 5) is 11.1. The predicted octanol–water partition coefficient (Wildman–Crippen LogP) is 2.06. The summed E-state index contributed by atoms with van der Waals surface area (Å²) in [6.07, 6.45) is -1.01. The highest BCUT2D eigenvalue weighted by atomic mass is 127. The van der Waals surface area contributed by atoms with Crippen LogP contribution in [0.3, 0.4) is 0 Å². The van der Waals surface area contributed by atoms with Crippen LogP contribution in [-0.2, 0) is 30.3 Å². The third-order valence-electron chi connectivity index (χ3n) is 3.58. The van der Waals surface area contributed by atoms with Gasteiger partial charge < -0.3 is 18.9 Å². The second-order valence-electron chi connectivity index (χ2n) is 5.16. The lowest BCUT2D eigenvalue weighted by Crippen LogP contribution is -2.32. The van der Waals surface area contributed by atoms with Crippen LogP contribution in [0.2, 0.25) is 0 Å². The normalized spacial score (nSPS) is 34.7. The van der Waals surface area contributed by atoms with Crippen LogP contribution in [0.4, 0.5) is 0 Å². The standard InChI is InChI=1S/C15H17IO5/c1-9(17)20-11-8-18-14-12(16)15(21-13(11)14)19-7-10-5-3-2-4-6-10/h2-6,11-15H,7-8H2,1H3/t11-,12-,13-,14-,15-/m1/s1. The van der Waals surface area contributed by atoms with Crippen LogP contribution in [0, 0.1) is 0 Å². The van der Waals surface area contributed by atoms with Gasteiger partial charge in [-0.05, 0) is 5.56 Å². The maximum absolute atomic E-state index is 11.1. The summed E-state index contributed by atoms with van der Waals surface area (Å²) in [6.45, 7) is 2.27. The first-order chi connectivity index (χ1) is 10.1. The van der Waals surface area contributed by atoms with Crippen LogP contribution in [0.1, 0.15) is 12.5 Å². The second kappa shape index (κ2) is 6.60. The Morgan fingerprint density at radius 3 is 2.81 bits per heavy atom. The van der Waals surface area contributed by atoms with E-state index in [1.807, 2.05) is 30.3 Å². The zero-order chi connectivity index (χ0) is 14.8. The molecule has 2 aliphatic rings. The number of alkyl halides is 1. The fourth-order valence-electron chi connectivity index (χ4n) is 2.63. The van der Waals surface area contributed by atoms with Crippen LogP contribution in [0.5, 0.6) is 0 Å². The van der Waals surface area contributed by atoms with Crippen molar-refractivity contribution < 1.29 is 23.7 Å². The molecule has 0 bridgehead atoms. The maximum Gasteiger partial charge on any atom is 0.303 e. The molecule has 2 heterocycles. The van der Waals surface area contributed by atoms with Crippen molar-refractivity contribution in [1.82, 2.24) is 0 Å². The van der Waals surface area contributed by atoms with Crippen molar-refractivity contribution in [3.8, 4) is 0 Å². The molecule has 5 nitrogen and oxygen atoms in total. The van der Waals surface area contributed by atoms with Crippen molar-refractivity contribution in [3.05, 3.63) is 35.9 Å². The molecule has 0 saturated carbocycles. The summed E-state index contributed by atoms with van der Waals surface area (Å²) in [6, 6.07) is 9.94. The summed E-state index contributed by atoms with van der Waals surface area (Å²) < 4.78 is 22.8. The number of hydrogen-bond acceptors (Lipinski definition) is 5. The Kier molecular flexibility index (Phi) is 4.78. The van der Waals surface area contributed by atoms with Gasteiger partial charge in [0.2, 0.25) is 0 Å². The number of fused-ring (bicyclic) bond motifs is 1. The maximum atomic E-state index is 11.1. The summed E-state index contributed by atoms with van der Waals surface area (Å²) in [7, 11) is 0. The van der Waals surface area contributed by atoms with Gasteiger partial charge in [-0.2, -0.15) is 0 Å². The number of esters is 1. The average Bonchev–Trinajstić information content (AvgIpc) is 2.99. The van der Waals surface area contributed by atoms with Crippen LogP contribution < -0.4 is 0 Å². The Labute approximate surface area is 137 Å². The molecule has 2 aliphatic heterocycles. The average molecular weight is 404 g/mol. The van der Waals surface area contributed by atoms with Gasteiger partial charge in [0.25, 0.3) is 0 Å². The highest BCUT2D eigenvalue weighted by Crippen LogP contribution is 2.37. The third-order valence-corrected chi connectivity index (χ3v) is 4.88. The molecule has 6 heteroatoms. The van der Waals surface area contributed by atoms with Crippen LogP contribution in [0.15, 0.2) is 30.3 Å². The largest absolute Gasteiger partial charge is 0.457 e. The highest BCUT2D eigenvalue weighted by molar-refractivity contribution is 14.1. The first kappa shape index (κ1) is 15.2. The number of ether oxygens (including phenoxy) is 4. The third kappa shape index (κ3) is 3.39. The van der Waals surface area contributed by atoms with Crippen molar-refractivity contribution in [3.63, 3.8) is 0 Å². The number of hydrogen-bond donors (Lipinski definition) is 0. The minimum absolute atomic E-state index is 0.0804. The summed E-state index contributed by atoms with van der Waals surface area (Å²) >= 11 is 2.28. The van der Waals surface area contributed by atoms with E-state index >= 15 is 0 Å². The quantitative estimate of drug-likeness (QED) is 0.437. The van der Waals surface area contributed by atoms with Crippen molar-refractivity contribution in [1.29, 1.82) is 0 Å². The molecule has 0 spiro atoms. The van der Waals surface area contributed by atoms with Gasteiger partial charge in [0.1, 0.15) is 12.2 Å². The molecule has 1 aromatic rings. The minimum Gasteiger partial charge on any atom is -0.457 e. The molecular weight excluding hydrogens is 387 g/mol. The minimum atomic E-state index is -0.348. The first-order valence-corrected chi connectivity index (χ1v) is 8.13. The summed E-state index contributed by atoms with van der Waals surface area (Å²) in [5.41, 5.74) is 1.10. The molecule has 0 amide bonds. The van der Waals surface area contributed by atoms with E-state index in [2.05, 4.69) is 22.6 Å². The van der Waals surface area contributed by atoms with Gasteiger partial charge >= 0.3 is 5.97 Å². The Morgan fingerprint density at radius 2 is 2.10 bits per heavy atom. The van der Waals surface area contributed by atoms with Gasteiger partial charge in [-0.3, -0.25) is 4.79 Å². The second-order valence-corrected chi connectivity index (χ2v) is 6.59. The molecule has 0 N–H and O–H groups in total. The lowest BCUT2D eigenvalue weighted by atomic mass is 10.1. The Hall–Kier alpha value is -0.700. The van der Waals surface area contributed by atoms with Crippen molar-refractivity contribution in [2.45, 2.75) is 42.1 Å². The van der Waals surface area contributed by atoms with Gasteiger partial charge in [0.05, 0.1) is 17.1 Å². The van der Waals surface area contributed by atoms with Crippen molar-refractivity contribution in [2.24, 2.45) is 0 Å². The smallest absolute Gasteiger partial charge is 0.303 e. The summed E-state index contributed by atoms with van der Waals surface area (Å²) in [5, 5.41) is 0. The lowest BCUT2D eigenvalue weighted by molar-refractivity contribution is -0.171. The van der Waals surface area contributed by atoms with Crippen LogP contribution >= 0.6 is 22.6 Å². The van der Waals surface area contributed by atoms with E-state index in [1.54, 1.807) is 0 Å². The van der Waals surface area contributed by atoms with Gasteiger partial charge in [-0.1, -0.05) is 52.9 Å². The highest BCUT2D eigenvalue weighted by Gasteiger charge is 2.53. The molecule has 114 valence electrons. The van der Waals surface area contributed by atoms with E-state index < -0.39 is 0 Å². The van der Waals surface area contributed by atoms with Crippen molar-refractivity contribution >= 4 is 28.6 Å². The van der Waals surface area contributed by atoms with Crippen molar-refractivity contribution in [2.75, 3.05) is 6.61 Å². The number of carbonyl (C=O) groups is 1. The number of benzene rings is 1. The van der Waals surface area contributed by atoms with E-state index in [4.69, 9.17) is 18.9 Å².